The second-order valence-corrected chi connectivity index (χ2v) is 9.79. The Kier molecular flexibility index (Phi) is 3.38. The lowest BCUT2D eigenvalue weighted by atomic mass is 9.49. The van der Waals surface area contributed by atoms with Gasteiger partial charge in [-0.25, -0.2) is 0 Å². The molecule has 4 aliphatic carbocycles. The van der Waals surface area contributed by atoms with Gasteiger partial charge in [0.05, 0.1) is 0 Å². The first-order valence-electron chi connectivity index (χ1n) is 9.39. The second-order valence-electron chi connectivity index (χ2n) is 9.79. The van der Waals surface area contributed by atoms with Crippen molar-refractivity contribution in [2.24, 2.45) is 34.3 Å². The third kappa shape index (κ3) is 2.50. The van der Waals surface area contributed by atoms with Crippen molar-refractivity contribution >= 4 is 5.91 Å². The van der Waals surface area contributed by atoms with Gasteiger partial charge in [-0.2, -0.15) is 0 Å². The molecule has 2 N–H and O–H groups in total. The molecule has 22 heavy (non-hydrogen) atoms. The van der Waals surface area contributed by atoms with Gasteiger partial charge in [-0.15, -0.1) is 0 Å². The molecule has 1 saturated heterocycles. The third-order valence-electron chi connectivity index (χ3n) is 7.36. The van der Waals surface area contributed by atoms with Crippen molar-refractivity contribution in [1.29, 1.82) is 0 Å². The molecule has 4 bridgehead atoms. The molecule has 1 atom stereocenters. The van der Waals surface area contributed by atoms with Crippen LogP contribution in [-0.4, -0.2) is 29.9 Å². The Hall–Kier alpha value is -0.570. The van der Waals surface area contributed by atoms with Crippen LogP contribution in [0.5, 0.6) is 0 Å². The van der Waals surface area contributed by atoms with Crippen LogP contribution in [0.2, 0.25) is 0 Å². The molecule has 124 valence electrons. The fourth-order valence-corrected chi connectivity index (χ4v) is 6.53. The summed E-state index contributed by atoms with van der Waals surface area (Å²) < 4.78 is 0. The van der Waals surface area contributed by atoms with Gasteiger partial charge in [0, 0.05) is 25.6 Å². The molecule has 5 fully saturated rings. The molecule has 5 aliphatic rings. The number of hydrogen-bond donors (Lipinski definition) is 1. The van der Waals surface area contributed by atoms with Crippen LogP contribution in [0.1, 0.15) is 65.2 Å². The van der Waals surface area contributed by atoms with E-state index < -0.39 is 0 Å². The van der Waals surface area contributed by atoms with Crippen molar-refractivity contribution in [3.63, 3.8) is 0 Å². The fraction of sp³-hybridized carbons (Fsp3) is 0.947. The molecule has 5 rings (SSSR count). The lowest BCUT2D eigenvalue weighted by molar-refractivity contribution is -0.142. The van der Waals surface area contributed by atoms with Crippen LogP contribution >= 0.6 is 0 Å². The minimum Gasteiger partial charge on any atom is -0.342 e. The number of amides is 1. The van der Waals surface area contributed by atoms with Crippen LogP contribution in [-0.2, 0) is 4.79 Å². The van der Waals surface area contributed by atoms with E-state index >= 15 is 0 Å². The largest absolute Gasteiger partial charge is 0.342 e. The highest BCUT2D eigenvalue weighted by molar-refractivity contribution is 5.77. The van der Waals surface area contributed by atoms with Gasteiger partial charge in [-0.3, -0.25) is 4.79 Å². The average Bonchev–Trinajstić information content (AvgIpc) is 2.39. The minimum absolute atomic E-state index is 0.0649. The van der Waals surface area contributed by atoms with Crippen LogP contribution in [0.25, 0.3) is 0 Å². The van der Waals surface area contributed by atoms with Gasteiger partial charge in [-0.1, -0.05) is 13.8 Å². The normalized spacial score (nSPS) is 46.0. The molecule has 0 radical (unpaired) electrons. The number of piperidine rings is 1. The quantitative estimate of drug-likeness (QED) is 0.851. The lowest BCUT2D eigenvalue weighted by Gasteiger charge is -2.57. The highest BCUT2D eigenvalue weighted by Crippen LogP contribution is 2.61. The molecule has 1 heterocycles. The summed E-state index contributed by atoms with van der Waals surface area (Å²) >= 11 is 0. The van der Waals surface area contributed by atoms with Gasteiger partial charge < -0.3 is 10.6 Å². The maximum absolute atomic E-state index is 13.0. The van der Waals surface area contributed by atoms with Crippen LogP contribution in [0.4, 0.5) is 0 Å². The van der Waals surface area contributed by atoms with E-state index in [4.69, 9.17) is 5.73 Å². The van der Waals surface area contributed by atoms with Crippen LogP contribution in [0.15, 0.2) is 0 Å². The van der Waals surface area contributed by atoms with E-state index in [9.17, 15) is 4.79 Å². The SMILES string of the molecule is CC1(C)CN(C(=O)CC23CC4CC(CC(C4)C2)C3)CCC1N. The van der Waals surface area contributed by atoms with Crippen LogP contribution in [0, 0.1) is 28.6 Å². The van der Waals surface area contributed by atoms with Crippen molar-refractivity contribution < 1.29 is 4.79 Å². The third-order valence-corrected chi connectivity index (χ3v) is 7.36. The molecular formula is C19H32N2O. The smallest absolute Gasteiger partial charge is 0.223 e. The van der Waals surface area contributed by atoms with E-state index in [-0.39, 0.29) is 11.5 Å². The summed E-state index contributed by atoms with van der Waals surface area (Å²) in [6.07, 6.45) is 10.2. The maximum Gasteiger partial charge on any atom is 0.223 e. The Morgan fingerprint density at radius 1 is 1.09 bits per heavy atom. The van der Waals surface area contributed by atoms with Crippen molar-refractivity contribution in [2.45, 2.75) is 71.3 Å². The van der Waals surface area contributed by atoms with Crippen molar-refractivity contribution in [3.05, 3.63) is 0 Å². The predicted octanol–water partition coefficient (Wildman–Crippen LogP) is 3.18. The van der Waals surface area contributed by atoms with E-state index in [1.165, 1.54) is 38.5 Å². The highest BCUT2D eigenvalue weighted by atomic mass is 16.2. The molecule has 4 saturated carbocycles. The van der Waals surface area contributed by atoms with Crippen LogP contribution in [0.3, 0.4) is 0 Å². The zero-order valence-corrected chi connectivity index (χ0v) is 14.3. The summed E-state index contributed by atoms with van der Waals surface area (Å²) in [6, 6.07) is 0.232. The molecular weight excluding hydrogens is 272 g/mol. The first-order chi connectivity index (χ1) is 10.4. The first kappa shape index (κ1) is 15.0. The predicted molar refractivity (Wildman–Crippen MR) is 88.2 cm³/mol. The van der Waals surface area contributed by atoms with Gasteiger partial charge >= 0.3 is 0 Å². The zero-order valence-electron chi connectivity index (χ0n) is 14.3. The molecule has 0 aromatic rings. The van der Waals surface area contributed by atoms with Gasteiger partial charge in [0.2, 0.25) is 5.91 Å². The molecule has 0 aromatic carbocycles. The van der Waals surface area contributed by atoms with E-state index in [1.54, 1.807) is 0 Å². The van der Waals surface area contributed by atoms with Crippen LogP contribution < -0.4 is 5.73 Å². The van der Waals surface area contributed by atoms with E-state index in [0.29, 0.717) is 11.3 Å². The zero-order chi connectivity index (χ0) is 15.5. The van der Waals surface area contributed by atoms with Crippen molar-refractivity contribution in [3.8, 4) is 0 Å². The second kappa shape index (κ2) is 4.96. The summed E-state index contributed by atoms with van der Waals surface area (Å²) in [5.74, 6) is 3.22. The van der Waals surface area contributed by atoms with Gasteiger partial charge in [0.1, 0.15) is 0 Å². The van der Waals surface area contributed by atoms with Gasteiger partial charge in [0.15, 0.2) is 0 Å². The average molecular weight is 304 g/mol. The molecule has 3 nitrogen and oxygen atoms in total. The standard InChI is InChI=1S/C19H32N2O/c1-18(2)12-21(4-3-16(18)20)17(22)11-19-8-13-5-14(9-19)7-15(6-13)10-19/h13-16H,3-12,20H2,1-2H3. The summed E-state index contributed by atoms with van der Waals surface area (Å²) in [7, 11) is 0. The Bertz CT molecular complexity index is 435. The van der Waals surface area contributed by atoms with E-state index in [2.05, 4.69) is 18.7 Å². The van der Waals surface area contributed by atoms with E-state index in [0.717, 1.165) is 43.7 Å². The minimum atomic E-state index is 0.0649. The van der Waals surface area contributed by atoms with Crippen molar-refractivity contribution in [2.75, 3.05) is 13.1 Å². The molecule has 0 aromatic heterocycles. The Morgan fingerprint density at radius 2 is 1.64 bits per heavy atom. The van der Waals surface area contributed by atoms with Gasteiger partial charge in [0.25, 0.3) is 0 Å². The number of nitrogens with two attached hydrogens (primary N) is 1. The lowest BCUT2D eigenvalue weighted by Crippen LogP contribution is -2.55. The maximum atomic E-state index is 13.0. The molecule has 0 spiro atoms. The Morgan fingerprint density at radius 3 is 2.14 bits per heavy atom. The highest BCUT2D eigenvalue weighted by Gasteiger charge is 2.52. The topological polar surface area (TPSA) is 46.3 Å². The molecule has 3 heteroatoms. The number of nitrogens with zero attached hydrogens (tertiary/aromatic N) is 1. The number of likely N-dealkylation sites (tertiary alicyclic amines) is 1. The number of carbonyl (C=O) groups is 1. The Labute approximate surface area is 135 Å². The fourth-order valence-electron chi connectivity index (χ4n) is 6.53. The molecule has 1 aliphatic heterocycles. The summed E-state index contributed by atoms with van der Waals surface area (Å²) in [6.45, 7) is 6.14. The summed E-state index contributed by atoms with van der Waals surface area (Å²) in [5.41, 5.74) is 6.66. The Balaban J connectivity index is 1.44. The number of hydrogen-bond acceptors (Lipinski definition) is 2. The number of carbonyl (C=O) groups excluding carboxylic acids is 1. The summed E-state index contributed by atoms with van der Waals surface area (Å²) in [5, 5.41) is 0. The van der Waals surface area contributed by atoms with Gasteiger partial charge in [-0.05, 0) is 73.5 Å². The molecule has 1 amide bonds. The van der Waals surface area contributed by atoms with Crippen molar-refractivity contribution in [1.82, 2.24) is 4.90 Å². The molecule has 1 unspecified atom stereocenters. The monoisotopic (exact) mass is 304 g/mol. The van der Waals surface area contributed by atoms with E-state index in [1.807, 2.05) is 0 Å². The number of rotatable bonds is 2. The summed E-state index contributed by atoms with van der Waals surface area (Å²) in [4.78, 5) is 15.1. The first-order valence-corrected chi connectivity index (χ1v) is 9.39.